The molecule has 1 amide bonds. The molecule has 1 fully saturated rings. The van der Waals surface area contributed by atoms with Crippen molar-refractivity contribution in [1.29, 1.82) is 0 Å². The number of nitrogens with one attached hydrogen (secondary N) is 1. The molecular formula is C21H20F6N2O6S. The number of amides is 1. The van der Waals surface area contributed by atoms with Crippen LogP contribution in [0, 0.1) is 5.41 Å². The molecule has 2 N–H and O–H groups in total. The zero-order valence-electron chi connectivity index (χ0n) is 18.3. The van der Waals surface area contributed by atoms with Crippen molar-refractivity contribution in [3.63, 3.8) is 0 Å². The summed E-state index contributed by atoms with van der Waals surface area (Å²) in [5.74, 6) is -2.19. The van der Waals surface area contributed by atoms with Gasteiger partial charge in [-0.25, -0.2) is 18.9 Å². The van der Waals surface area contributed by atoms with Crippen LogP contribution in [-0.4, -0.2) is 43.5 Å². The number of ether oxygens (including phenoxy) is 2. The fourth-order valence-electron chi connectivity index (χ4n) is 3.60. The normalized spacial score (nSPS) is 16.4. The van der Waals surface area contributed by atoms with E-state index in [1.807, 2.05) is 0 Å². The Morgan fingerprint density at radius 3 is 2.03 bits per heavy atom. The lowest BCUT2D eigenvalue weighted by molar-refractivity contribution is -0.150. The van der Waals surface area contributed by atoms with Crippen LogP contribution in [0.3, 0.4) is 0 Å². The van der Waals surface area contributed by atoms with Gasteiger partial charge in [-0.1, -0.05) is 12.1 Å². The summed E-state index contributed by atoms with van der Waals surface area (Å²) in [6, 6.07) is 5.54. The lowest BCUT2D eigenvalue weighted by atomic mass is 9.81. The summed E-state index contributed by atoms with van der Waals surface area (Å²) in [4.78, 5) is 14.6. The zero-order valence-corrected chi connectivity index (χ0v) is 19.1. The molecule has 3 rings (SSSR count). The molecule has 2 aromatic rings. The Morgan fingerprint density at radius 1 is 1.03 bits per heavy atom. The molecule has 1 aliphatic heterocycles. The maximum Gasteiger partial charge on any atom is 0.433 e. The van der Waals surface area contributed by atoms with E-state index in [1.54, 1.807) is 0 Å². The van der Waals surface area contributed by atoms with E-state index < -0.39 is 63.0 Å². The quantitative estimate of drug-likeness (QED) is 0.311. The predicted molar refractivity (Wildman–Crippen MR) is 109 cm³/mol. The topological polar surface area (TPSA) is 115 Å². The van der Waals surface area contributed by atoms with Crippen LogP contribution in [-0.2, 0) is 38.3 Å². The summed E-state index contributed by atoms with van der Waals surface area (Å²) in [6.07, 6.45) is -10.1. The minimum atomic E-state index is -5.13. The van der Waals surface area contributed by atoms with Crippen molar-refractivity contribution < 1.29 is 54.2 Å². The molecule has 198 valence electrons. The van der Waals surface area contributed by atoms with Crippen LogP contribution in [0.1, 0.15) is 29.8 Å². The van der Waals surface area contributed by atoms with Crippen molar-refractivity contribution in [2.45, 2.75) is 36.7 Å². The van der Waals surface area contributed by atoms with E-state index in [1.165, 1.54) is 29.7 Å². The summed E-state index contributed by atoms with van der Waals surface area (Å²) in [5, 5.41) is 9.05. The highest BCUT2D eigenvalue weighted by Crippen LogP contribution is 2.36. The monoisotopic (exact) mass is 542 g/mol. The van der Waals surface area contributed by atoms with Crippen LogP contribution in [0.4, 0.5) is 26.3 Å². The number of carbonyl (C=O) groups excluding carboxylic acids is 1. The highest BCUT2D eigenvalue weighted by atomic mass is 32.2. The summed E-state index contributed by atoms with van der Waals surface area (Å²) in [6.45, 7) is -0.214. The molecule has 0 saturated carbocycles. The number of halogens is 6. The van der Waals surface area contributed by atoms with Crippen LogP contribution in [0.25, 0.3) is 0 Å². The highest BCUT2D eigenvalue weighted by Gasteiger charge is 2.44. The van der Waals surface area contributed by atoms with Gasteiger partial charge < -0.3 is 9.47 Å². The number of alkyl halides is 6. The van der Waals surface area contributed by atoms with E-state index in [-0.39, 0.29) is 36.5 Å². The maximum absolute atomic E-state index is 12.9. The molecule has 0 atom stereocenters. The summed E-state index contributed by atoms with van der Waals surface area (Å²) >= 11 is 0. The SMILES string of the molecule is O=C(NO)C1(CS(=O)(=O)c2ccc(COc3cc(C(F)(F)F)nc(C(F)(F)F)c3)cc2)CCOCC1. The Morgan fingerprint density at radius 2 is 1.56 bits per heavy atom. The molecule has 0 spiro atoms. The second-order valence-electron chi connectivity index (χ2n) is 8.09. The Labute approximate surface area is 201 Å². The fraction of sp³-hybridized carbons (Fsp3) is 0.429. The minimum absolute atomic E-state index is 0.0658. The van der Waals surface area contributed by atoms with E-state index in [9.17, 15) is 39.6 Å². The molecular weight excluding hydrogens is 522 g/mol. The van der Waals surface area contributed by atoms with Crippen molar-refractivity contribution in [3.05, 3.63) is 53.3 Å². The molecule has 0 aliphatic carbocycles. The highest BCUT2D eigenvalue weighted by molar-refractivity contribution is 7.91. The second-order valence-corrected chi connectivity index (χ2v) is 10.1. The number of aromatic nitrogens is 1. The minimum Gasteiger partial charge on any atom is -0.489 e. The van der Waals surface area contributed by atoms with Gasteiger partial charge in [0.1, 0.15) is 23.7 Å². The van der Waals surface area contributed by atoms with Gasteiger partial charge in [0.15, 0.2) is 9.84 Å². The first-order chi connectivity index (χ1) is 16.7. The number of hydrogen-bond donors (Lipinski definition) is 2. The van der Waals surface area contributed by atoms with E-state index >= 15 is 0 Å². The average Bonchev–Trinajstić information content (AvgIpc) is 2.81. The predicted octanol–water partition coefficient (Wildman–Crippen LogP) is 3.77. The van der Waals surface area contributed by atoms with Gasteiger partial charge in [0.25, 0.3) is 5.91 Å². The number of hydroxylamine groups is 1. The Balaban J connectivity index is 1.77. The van der Waals surface area contributed by atoms with Gasteiger partial charge in [0.05, 0.1) is 16.1 Å². The van der Waals surface area contributed by atoms with E-state index in [0.29, 0.717) is 12.1 Å². The molecule has 8 nitrogen and oxygen atoms in total. The van der Waals surface area contributed by atoms with Gasteiger partial charge in [-0.05, 0) is 30.5 Å². The number of rotatable bonds is 7. The molecule has 1 aromatic carbocycles. The molecule has 0 bridgehead atoms. The van der Waals surface area contributed by atoms with Crippen molar-refractivity contribution >= 4 is 15.7 Å². The number of benzene rings is 1. The van der Waals surface area contributed by atoms with Crippen LogP contribution in [0.15, 0.2) is 41.3 Å². The molecule has 1 aliphatic rings. The van der Waals surface area contributed by atoms with Gasteiger partial charge in [-0.15, -0.1) is 0 Å². The molecule has 2 heterocycles. The molecule has 0 radical (unpaired) electrons. The molecule has 1 aromatic heterocycles. The first kappa shape index (κ1) is 27.7. The number of pyridine rings is 1. The summed E-state index contributed by atoms with van der Waals surface area (Å²) < 4.78 is 114. The third kappa shape index (κ3) is 6.44. The van der Waals surface area contributed by atoms with Crippen molar-refractivity contribution in [1.82, 2.24) is 10.5 Å². The number of nitrogens with zero attached hydrogens (tertiary/aromatic N) is 1. The van der Waals surface area contributed by atoms with Crippen LogP contribution >= 0.6 is 0 Å². The number of hydrogen-bond acceptors (Lipinski definition) is 7. The Hall–Kier alpha value is -2.91. The van der Waals surface area contributed by atoms with Gasteiger partial charge in [0, 0.05) is 25.3 Å². The first-order valence-electron chi connectivity index (χ1n) is 10.3. The molecule has 0 unspecified atom stereocenters. The van der Waals surface area contributed by atoms with Crippen molar-refractivity contribution in [2.24, 2.45) is 5.41 Å². The van der Waals surface area contributed by atoms with Gasteiger partial charge in [-0.2, -0.15) is 26.3 Å². The molecule has 36 heavy (non-hydrogen) atoms. The maximum atomic E-state index is 12.9. The van der Waals surface area contributed by atoms with Crippen LogP contribution < -0.4 is 10.2 Å². The Kier molecular flexibility index (Phi) is 7.86. The number of carbonyl (C=O) groups is 1. The second kappa shape index (κ2) is 10.2. The van der Waals surface area contributed by atoms with Crippen molar-refractivity contribution in [2.75, 3.05) is 19.0 Å². The average molecular weight is 542 g/mol. The Bertz CT molecular complexity index is 1160. The zero-order chi connectivity index (χ0) is 26.8. The summed E-state index contributed by atoms with van der Waals surface area (Å²) in [7, 11) is -4.03. The van der Waals surface area contributed by atoms with E-state index in [0.717, 1.165) is 0 Å². The lowest BCUT2D eigenvalue weighted by Crippen LogP contribution is -2.47. The van der Waals surface area contributed by atoms with Gasteiger partial charge in [-0.3, -0.25) is 10.0 Å². The molecule has 15 heteroatoms. The van der Waals surface area contributed by atoms with Gasteiger partial charge in [0.2, 0.25) is 0 Å². The third-order valence-corrected chi connectivity index (χ3v) is 7.49. The van der Waals surface area contributed by atoms with Crippen LogP contribution in [0.5, 0.6) is 5.75 Å². The lowest BCUT2D eigenvalue weighted by Gasteiger charge is -2.34. The van der Waals surface area contributed by atoms with Crippen LogP contribution in [0.2, 0.25) is 0 Å². The standard InChI is InChI=1S/C21H20F6N2O6S/c22-20(23,24)16-9-14(10-17(28-16)21(25,26)27)35-11-13-1-3-15(4-2-13)36(32,33)12-19(18(30)29-31)5-7-34-8-6-19/h1-4,9-10,31H,5-8,11-12H2,(H,29,30). The third-order valence-electron chi connectivity index (χ3n) is 5.57. The van der Waals surface area contributed by atoms with E-state index in [4.69, 9.17) is 14.7 Å². The van der Waals surface area contributed by atoms with Gasteiger partial charge >= 0.3 is 12.4 Å². The smallest absolute Gasteiger partial charge is 0.433 e. The van der Waals surface area contributed by atoms with Crippen molar-refractivity contribution in [3.8, 4) is 5.75 Å². The van der Waals surface area contributed by atoms with E-state index in [2.05, 4.69) is 4.98 Å². The summed E-state index contributed by atoms with van der Waals surface area (Å²) in [5.41, 5.74) is -3.20. The molecule has 1 saturated heterocycles. The number of sulfone groups is 1. The largest absolute Gasteiger partial charge is 0.489 e. The fourth-order valence-corrected chi connectivity index (χ4v) is 5.47. The first-order valence-corrected chi connectivity index (χ1v) is 11.9.